The fourth-order valence-electron chi connectivity index (χ4n) is 1.48. The normalized spacial score (nSPS) is 12.9. The Kier molecular flexibility index (Phi) is 5.10. The lowest BCUT2D eigenvalue weighted by atomic mass is 10.0. The molecule has 0 bridgehead atoms. The fourth-order valence-corrected chi connectivity index (χ4v) is 1.66. The highest BCUT2D eigenvalue weighted by molar-refractivity contribution is 6.31. The van der Waals surface area contributed by atoms with Crippen LogP contribution in [0.1, 0.15) is 19.4 Å². The van der Waals surface area contributed by atoms with Crippen LogP contribution in [0.2, 0.25) is 5.02 Å². The van der Waals surface area contributed by atoms with Gasteiger partial charge in [-0.2, -0.15) is 0 Å². The van der Waals surface area contributed by atoms with E-state index >= 15 is 0 Å². The van der Waals surface area contributed by atoms with Gasteiger partial charge in [-0.05, 0) is 30.5 Å². The maximum Gasteiger partial charge on any atom is 0.0666 e. The maximum absolute atomic E-state index is 6.08. The average Bonchev–Trinajstić information content (AvgIpc) is 2.22. The lowest BCUT2D eigenvalue weighted by molar-refractivity contribution is 0.171. The SMILES string of the molecule is COCC(Nc1ccc(C)c(Cl)c1)C(C)C. The summed E-state index contributed by atoms with van der Waals surface area (Å²) in [4.78, 5) is 0. The van der Waals surface area contributed by atoms with Crippen LogP contribution in [0.5, 0.6) is 0 Å². The summed E-state index contributed by atoms with van der Waals surface area (Å²) < 4.78 is 5.20. The van der Waals surface area contributed by atoms with Crippen LogP contribution >= 0.6 is 11.6 Å². The third-order valence-corrected chi connectivity index (χ3v) is 3.08. The number of methoxy groups -OCH3 is 1. The van der Waals surface area contributed by atoms with Gasteiger partial charge in [0.25, 0.3) is 0 Å². The molecule has 0 aliphatic rings. The van der Waals surface area contributed by atoms with E-state index in [1.807, 2.05) is 25.1 Å². The first-order valence-corrected chi connectivity index (χ1v) is 5.94. The van der Waals surface area contributed by atoms with Crippen molar-refractivity contribution in [1.82, 2.24) is 0 Å². The van der Waals surface area contributed by atoms with Gasteiger partial charge in [0.15, 0.2) is 0 Å². The smallest absolute Gasteiger partial charge is 0.0666 e. The molecular weight excluding hydrogens is 222 g/mol. The highest BCUT2D eigenvalue weighted by Gasteiger charge is 2.12. The van der Waals surface area contributed by atoms with E-state index < -0.39 is 0 Å². The van der Waals surface area contributed by atoms with Crippen molar-refractivity contribution in [1.29, 1.82) is 0 Å². The quantitative estimate of drug-likeness (QED) is 0.848. The third-order valence-electron chi connectivity index (χ3n) is 2.67. The Hall–Kier alpha value is -0.730. The molecule has 90 valence electrons. The molecule has 1 aromatic carbocycles. The van der Waals surface area contributed by atoms with E-state index in [0.29, 0.717) is 18.6 Å². The Labute approximate surface area is 103 Å². The second-order valence-electron chi connectivity index (χ2n) is 4.41. The van der Waals surface area contributed by atoms with Crippen molar-refractivity contribution in [2.45, 2.75) is 26.8 Å². The summed E-state index contributed by atoms with van der Waals surface area (Å²) in [6.45, 7) is 7.04. The molecule has 1 atom stereocenters. The van der Waals surface area contributed by atoms with Crippen molar-refractivity contribution < 1.29 is 4.74 Å². The van der Waals surface area contributed by atoms with Gasteiger partial charge in [-0.1, -0.05) is 31.5 Å². The third kappa shape index (κ3) is 3.69. The van der Waals surface area contributed by atoms with E-state index in [9.17, 15) is 0 Å². The van der Waals surface area contributed by atoms with E-state index in [1.165, 1.54) is 0 Å². The summed E-state index contributed by atoms with van der Waals surface area (Å²) in [5.41, 5.74) is 2.14. The number of halogens is 1. The van der Waals surface area contributed by atoms with E-state index in [1.54, 1.807) is 7.11 Å². The van der Waals surface area contributed by atoms with Gasteiger partial charge >= 0.3 is 0 Å². The zero-order chi connectivity index (χ0) is 12.1. The summed E-state index contributed by atoms with van der Waals surface area (Å²) in [5, 5.41) is 4.23. The number of rotatable bonds is 5. The summed E-state index contributed by atoms with van der Waals surface area (Å²) in [6.07, 6.45) is 0. The fraction of sp³-hybridized carbons (Fsp3) is 0.538. The summed E-state index contributed by atoms with van der Waals surface area (Å²) in [6, 6.07) is 6.34. The van der Waals surface area contributed by atoms with Gasteiger partial charge in [-0.25, -0.2) is 0 Å². The van der Waals surface area contributed by atoms with Crippen LogP contribution in [0.3, 0.4) is 0 Å². The molecule has 2 nitrogen and oxygen atoms in total. The predicted molar refractivity (Wildman–Crippen MR) is 70.3 cm³/mol. The second-order valence-corrected chi connectivity index (χ2v) is 4.82. The van der Waals surface area contributed by atoms with Gasteiger partial charge in [0.2, 0.25) is 0 Å². The van der Waals surface area contributed by atoms with Gasteiger partial charge in [0.1, 0.15) is 0 Å². The largest absolute Gasteiger partial charge is 0.383 e. The highest BCUT2D eigenvalue weighted by Crippen LogP contribution is 2.21. The maximum atomic E-state index is 6.08. The molecule has 0 amide bonds. The monoisotopic (exact) mass is 241 g/mol. The Balaban J connectivity index is 2.73. The summed E-state index contributed by atoms with van der Waals surface area (Å²) >= 11 is 6.08. The number of hydrogen-bond donors (Lipinski definition) is 1. The van der Waals surface area contributed by atoms with E-state index in [-0.39, 0.29) is 0 Å². The van der Waals surface area contributed by atoms with Crippen LogP contribution in [-0.4, -0.2) is 19.8 Å². The number of hydrogen-bond acceptors (Lipinski definition) is 2. The number of aryl methyl sites for hydroxylation is 1. The molecular formula is C13H20ClNO. The second kappa shape index (κ2) is 6.12. The molecule has 0 saturated heterocycles. The minimum atomic E-state index is 0.309. The lowest BCUT2D eigenvalue weighted by Gasteiger charge is -2.23. The van der Waals surface area contributed by atoms with E-state index in [0.717, 1.165) is 16.3 Å². The molecule has 3 heteroatoms. The molecule has 1 aromatic rings. The van der Waals surface area contributed by atoms with Crippen LogP contribution < -0.4 is 5.32 Å². The van der Waals surface area contributed by atoms with E-state index in [2.05, 4.69) is 19.2 Å². The minimum Gasteiger partial charge on any atom is -0.383 e. The van der Waals surface area contributed by atoms with Gasteiger partial charge in [0, 0.05) is 17.8 Å². The molecule has 0 fully saturated rings. The van der Waals surface area contributed by atoms with Crippen molar-refractivity contribution in [2.24, 2.45) is 5.92 Å². The van der Waals surface area contributed by atoms with Crippen molar-refractivity contribution >= 4 is 17.3 Å². The predicted octanol–water partition coefficient (Wildman–Crippen LogP) is 3.73. The van der Waals surface area contributed by atoms with Gasteiger partial charge in [-0.15, -0.1) is 0 Å². The Morgan fingerprint density at radius 2 is 2.06 bits per heavy atom. The molecule has 0 aliphatic heterocycles. The van der Waals surface area contributed by atoms with Crippen LogP contribution in [0, 0.1) is 12.8 Å². The molecule has 1 unspecified atom stereocenters. The summed E-state index contributed by atoms with van der Waals surface area (Å²) in [5.74, 6) is 0.514. The van der Waals surface area contributed by atoms with Gasteiger partial charge < -0.3 is 10.1 Å². The summed E-state index contributed by atoms with van der Waals surface area (Å²) in [7, 11) is 1.72. The zero-order valence-electron chi connectivity index (χ0n) is 10.4. The highest BCUT2D eigenvalue weighted by atomic mass is 35.5. The minimum absolute atomic E-state index is 0.309. The topological polar surface area (TPSA) is 21.3 Å². The Bertz CT molecular complexity index is 339. The molecule has 16 heavy (non-hydrogen) atoms. The first kappa shape index (κ1) is 13.3. The van der Waals surface area contributed by atoms with Crippen molar-refractivity contribution in [3.8, 4) is 0 Å². The van der Waals surface area contributed by atoms with Gasteiger partial charge in [-0.3, -0.25) is 0 Å². The molecule has 0 aromatic heterocycles. The molecule has 0 aliphatic carbocycles. The molecule has 0 radical (unpaired) electrons. The van der Waals surface area contributed by atoms with Crippen molar-refractivity contribution in [2.75, 3.05) is 19.0 Å². The van der Waals surface area contributed by atoms with Crippen LogP contribution in [0.25, 0.3) is 0 Å². The van der Waals surface area contributed by atoms with Gasteiger partial charge in [0.05, 0.1) is 12.6 Å². The molecule has 1 rings (SSSR count). The van der Waals surface area contributed by atoms with E-state index in [4.69, 9.17) is 16.3 Å². The number of nitrogens with one attached hydrogen (secondary N) is 1. The average molecular weight is 242 g/mol. The Morgan fingerprint density at radius 3 is 2.56 bits per heavy atom. The standard InChI is InChI=1S/C13H20ClNO/c1-9(2)13(8-16-4)15-11-6-5-10(3)12(14)7-11/h5-7,9,13,15H,8H2,1-4H3. The first-order valence-electron chi connectivity index (χ1n) is 5.56. The molecule has 0 heterocycles. The molecule has 0 saturated carbocycles. The van der Waals surface area contributed by atoms with Crippen LogP contribution in [-0.2, 0) is 4.74 Å². The first-order chi connectivity index (χ1) is 7.54. The Morgan fingerprint density at radius 1 is 1.38 bits per heavy atom. The van der Waals surface area contributed by atoms with Crippen molar-refractivity contribution in [3.05, 3.63) is 28.8 Å². The number of anilines is 1. The van der Waals surface area contributed by atoms with Crippen LogP contribution in [0.15, 0.2) is 18.2 Å². The number of ether oxygens (including phenoxy) is 1. The number of benzene rings is 1. The lowest BCUT2D eigenvalue weighted by Crippen LogP contribution is -2.30. The zero-order valence-corrected chi connectivity index (χ0v) is 11.1. The van der Waals surface area contributed by atoms with Crippen molar-refractivity contribution in [3.63, 3.8) is 0 Å². The molecule has 0 spiro atoms. The van der Waals surface area contributed by atoms with Crippen LogP contribution in [0.4, 0.5) is 5.69 Å². The molecule has 1 N–H and O–H groups in total.